The molecule has 0 spiro atoms. The van der Waals surface area contributed by atoms with Crippen LogP contribution >= 0.6 is 15.9 Å². The number of ether oxygens (including phenoxy) is 2. The Kier molecular flexibility index (Phi) is 3.07. The molecule has 0 radical (unpaired) electrons. The normalized spacial score (nSPS) is 10.9. The maximum atomic E-state index is 5.50. The first kappa shape index (κ1) is 12.3. The van der Waals surface area contributed by atoms with Crippen LogP contribution < -0.4 is 9.47 Å². The molecule has 0 N–H and O–H groups in total. The van der Waals surface area contributed by atoms with E-state index in [4.69, 9.17) is 9.47 Å². The summed E-state index contributed by atoms with van der Waals surface area (Å²) in [7, 11) is 3.37. The zero-order valence-corrected chi connectivity index (χ0v) is 12.3. The van der Waals surface area contributed by atoms with Gasteiger partial charge in [-0.25, -0.2) is 0 Å². The van der Waals surface area contributed by atoms with E-state index in [1.807, 2.05) is 18.2 Å². The second kappa shape index (κ2) is 4.74. The van der Waals surface area contributed by atoms with Crippen molar-refractivity contribution in [2.45, 2.75) is 0 Å². The van der Waals surface area contributed by atoms with Gasteiger partial charge in [0.15, 0.2) is 0 Å². The summed E-state index contributed by atoms with van der Waals surface area (Å²) >= 11 is 3.53. The monoisotopic (exact) mass is 316 g/mol. The first-order valence-corrected chi connectivity index (χ1v) is 6.77. The quantitative estimate of drug-likeness (QED) is 0.634. The summed E-state index contributed by atoms with van der Waals surface area (Å²) in [6.45, 7) is 0. The third-order valence-corrected chi connectivity index (χ3v) is 3.88. The van der Waals surface area contributed by atoms with Crippen molar-refractivity contribution in [1.29, 1.82) is 0 Å². The maximum absolute atomic E-state index is 5.50. The highest BCUT2D eigenvalue weighted by atomic mass is 79.9. The molecule has 0 bridgehead atoms. The molecular weight excluding hydrogens is 304 g/mol. The molecule has 0 unspecified atom stereocenters. The van der Waals surface area contributed by atoms with E-state index in [1.54, 1.807) is 14.2 Å². The molecule has 0 aromatic heterocycles. The van der Waals surface area contributed by atoms with Crippen LogP contribution in [0.25, 0.3) is 21.5 Å². The minimum atomic E-state index is 0.835. The summed E-state index contributed by atoms with van der Waals surface area (Å²) in [6, 6.07) is 14.5. The van der Waals surface area contributed by atoms with E-state index in [9.17, 15) is 0 Å². The van der Waals surface area contributed by atoms with E-state index in [2.05, 4.69) is 40.2 Å². The van der Waals surface area contributed by atoms with Gasteiger partial charge >= 0.3 is 0 Å². The Morgan fingerprint density at radius 3 is 2.05 bits per heavy atom. The molecule has 0 amide bonds. The van der Waals surface area contributed by atoms with Crippen LogP contribution in [0.3, 0.4) is 0 Å². The highest BCUT2D eigenvalue weighted by molar-refractivity contribution is 9.10. The first-order valence-electron chi connectivity index (χ1n) is 5.97. The fourth-order valence-corrected chi connectivity index (χ4v) is 2.98. The smallest absolute Gasteiger partial charge is 0.141 e. The van der Waals surface area contributed by atoms with E-state index < -0.39 is 0 Å². The van der Waals surface area contributed by atoms with Crippen LogP contribution in [0.5, 0.6) is 11.5 Å². The molecule has 3 aromatic rings. The van der Waals surface area contributed by atoms with Gasteiger partial charge < -0.3 is 9.47 Å². The van der Waals surface area contributed by atoms with E-state index in [1.165, 1.54) is 10.8 Å². The van der Waals surface area contributed by atoms with Crippen molar-refractivity contribution >= 4 is 37.5 Å². The number of methoxy groups -OCH3 is 2. The summed E-state index contributed by atoms with van der Waals surface area (Å²) in [4.78, 5) is 0. The van der Waals surface area contributed by atoms with Crippen molar-refractivity contribution < 1.29 is 9.47 Å². The Hall–Kier alpha value is -1.74. The van der Waals surface area contributed by atoms with Gasteiger partial charge in [-0.05, 0) is 44.9 Å². The minimum absolute atomic E-state index is 0.835. The summed E-state index contributed by atoms with van der Waals surface area (Å²) < 4.78 is 11.9. The Bertz CT molecular complexity index is 765. The molecule has 0 saturated carbocycles. The number of benzene rings is 3. The van der Waals surface area contributed by atoms with E-state index in [-0.39, 0.29) is 0 Å². The lowest BCUT2D eigenvalue weighted by molar-refractivity contribution is 0.408. The molecular formula is C16H13BrO2. The zero-order valence-electron chi connectivity index (χ0n) is 10.7. The van der Waals surface area contributed by atoms with Crippen LogP contribution in [-0.2, 0) is 0 Å². The summed E-state index contributed by atoms with van der Waals surface area (Å²) in [5.74, 6) is 1.68. The van der Waals surface area contributed by atoms with Gasteiger partial charge in [-0.2, -0.15) is 0 Å². The number of fused-ring (bicyclic) bond motifs is 2. The van der Waals surface area contributed by atoms with E-state index >= 15 is 0 Å². The second-order valence-electron chi connectivity index (χ2n) is 4.34. The number of hydrogen-bond donors (Lipinski definition) is 0. The van der Waals surface area contributed by atoms with Crippen LogP contribution in [0, 0.1) is 0 Å². The van der Waals surface area contributed by atoms with Crippen molar-refractivity contribution in [3.63, 3.8) is 0 Å². The Labute approximate surface area is 120 Å². The lowest BCUT2D eigenvalue weighted by Crippen LogP contribution is -1.91. The standard InChI is InChI=1S/C16H13BrO2/c1-18-15-9-14(17)16(19-2)13-8-11-6-4-3-5-10(11)7-12(13)15/h3-9H,1-2H3. The van der Waals surface area contributed by atoms with Gasteiger partial charge in [-0.3, -0.25) is 0 Å². The lowest BCUT2D eigenvalue weighted by Gasteiger charge is -2.13. The topological polar surface area (TPSA) is 18.5 Å². The number of rotatable bonds is 2. The second-order valence-corrected chi connectivity index (χ2v) is 5.19. The molecule has 3 aromatic carbocycles. The third-order valence-electron chi connectivity index (χ3n) is 3.29. The average molecular weight is 317 g/mol. The zero-order chi connectivity index (χ0) is 13.4. The van der Waals surface area contributed by atoms with E-state index in [0.717, 1.165) is 26.7 Å². The molecule has 0 aliphatic carbocycles. The molecule has 3 rings (SSSR count). The molecule has 0 heterocycles. The minimum Gasteiger partial charge on any atom is -0.496 e. The van der Waals surface area contributed by atoms with E-state index in [0.29, 0.717) is 0 Å². The van der Waals surface area contributed by atoms with Gasteiger partial charge in [-0.15, -0.1) is 0 Å². The van der Waals surface area contributed by atoms with Crippen LogP contribution in [0.4, 0.5) is 0 Å². The van der Waals surface area contributed by atoms with Crippen LogP contribution in [0.15, 0.2) is 46.9 Å². The molecule has 0 saturated heterocycles. The molecule has 3 heteroatoms. The Balaban J connectivity index is 2.50. The Morgan fingerprint density at radius 2 is 1.47 bits per heavy atom. The lowest BCUT2D eigenvalue weighted by atomic mass is 10.0. The van der Waals surface area contributed by atoms with Crippen LogP contribution in [-0.4, -0.2) is 14.2 Å². The summed E-state index contributed by atoms with van der Waals surface area (Å²) in [5, 5.41) is 4.49. The van der Waals surface area contributed by atoms with Crippen LogP contribution in [0.2, 0.25) is 0 Å². The molecule has 19 heavy (non-hydrogen) atoms. The summed E-state index contributed by atoms with van der Waals surface area (Å²) in [5.41, 5.74) is 0. The van der Waals surface area contributed by atoms with Gasteiger partial charge in [-0.1, -0.05) is 24.3 Å². The maximum Gasteiger partial charge on any atom is 0.141 e. The summed E-state index contributed by atoms with van der Waals surface area (Å²) in [6.07, 6.45) is 0. The van der Waals surface area contributed by atoms with Crippen molar-refractivity contribution in [2.75, 3.05) is 14.2 Å². The molecule has 0 atom stereocenters. The van der Waals surface area contributed by atoms with Crippen LogP contribution in [0.1, 0.15) is 0 Å². The highest BCUT2D eigenvalue weighted by Crippen LogP contribution is 2.41. The predicted molar refractivity (Wildman–Crippen MR) is 82.3 cm³/mol. The Morgan fingerprint density at radius 1 is 0.842 bits per heavy atom. The molecule has 2 nitrogen and oxygen atoms in total. The number of hydrogen-bond acceptors (Lipinski definition) is 2. The van der Waals surface area contributed by atoms with Gasteiger partial charge in [0.05, 0.1) is 18.7 Å². The molecule has 0 aliphatic rings. The molecule has 0 fully saturated rings. The van der Waals surface area contributed by atoms with Gasteiger partial charge in [0, 0.05) is 10.8 Å². The van der Waals surface area contributed by atoms with Crippen molar-refractivity contribution in [3.05, 3.63) is 46.9 Å². The predicted octanol–water partition coefficient (Wildman–Crippen LogP) is 4.77. The van der Waals surface area contributed by atoms with Gasteiger partial charge in [0.1, 0.15) is 11.5 Å². The fourth-order valence-electron chi connectivity index (χ4n) is 2.40. The molecule has 96 valence electrons. The fraction of sp³-hybridized carbons (Fsp3) is 0.125. The third kappa shape index (κ3) is 1.94. The SMILES string of the molecule is COc1cc(Br)c(OC)c2cc3ccccc3cc12. The highest BCUT2D eigenvalue weighted by Gasteiger charge is 2.12. The van der Waals surface area contributed by atoms with Gasteiger partial charge in [0.2, 0.25) is 0 Å². The van der Waals surface area contributed by atoms with Crippen molar-refractivity contribution in [1.82, 2.24) is 0 Å². The first-order chi connectivity index (χ1) is 9.24. The van der Waals surface area contributed by atoms with Crippen molar-refractivity contribution in [2.24, 2.45) is 0 Å². The molecule has 0 aliphatic heterocycles. The van der Waals surface area contributed by atoms with Gasteiger partial charge in [0.25, 0.3) is 0 Å². The average Bonchev–Trinajstić information content (AvgIpc) is 2.44. The largest absolute Gasteiger partial charge is 0.496 e. The van der Waals surface area contributed by atoms with Crippen molar-refractivity contribution in [3.8, 4) is 11.5 Å². The number of halogens is 1.